The van der Waals surface area contributed by atoms with Crippen molar-refractivity contribution in [3.05, 3.63) is 34.9 Å². The Morgan fingerprint density at radius 3 is 2.67 bits per heavy atom. The Kier molecular flexibility index (Phi) is 7.53. The summed E-state index contributed by atoms with van der Waals surface area (Å²) in [6.07, 6.45) is 2.77. The van der Waals surface area contributed by atoms with E-state index in [4.69, 9.17) is 11.6 Å². The van der Waals surface area contributed by atoms with Crippen molar-refractivity contribution in [3.8, 4) is 0 Å². The van der Waals surface area contributed by atoms with Crippen LogP contribution in [0, 0.1) is 5.92 Å². The molecule has 1 aliphatic heterocycles. The number of hydrogen-bond donors (Lipinski definition) is 2. The number of nitrogens with zero attached hydrogens (tertiary/aromatic N) is 1. The molecule has 2 amide bonds. The van der Waals surface area contributed by atoms with Gasteiger partial charge in [0.05, 0.1) is 5.92 Å². The van der Waals surface area contributed by atoms with E-state index in [2.05, 4.69) is 17.6 Å². The van der Waals surface area contributed by atoms with Gasteiger partial charge in [-0.15, -0.1) is 0 Å². The van der Waals surface area contributed by atoms with Crippen molar-refractivity contribution in [3.63, 3.8) is 0 Å². The second-order valence-electron chi connectivity index (χ2n) is 6.14. The van der Waals surface area contributed by atoms with E-state index in [1.807, 2.05) is 0 Å². The van der Waals surface area contributed by atoms with Gasteiger partial charge in [0, 0.05) is 36.8 Å². The first-order valence-corrected chi connectivity index (χ1v) is 9.03. The van der Waals surface area contributed by atoms with Crippen molar-refractivity contribution in [1.82, 2.24) is 15.5 Å². The Morgan fingerprint density at radius 2 is 1.96 bits per heavy atom. The molecular formula is C18H26ClN3O2. The number of amides is 2. The molecule has 0 bridgehead atoms. The van der Waals surface area contributed by atoms with E-state index >= 15 is 0 Å². The van der Waals surface area contributed by atoms with Crippen LogP contribution in [0.25, 0.3) is 0 Å². The number of carbonyl (C=O) groups is 2. The molecule has 24 heavy (non-hydrogen) atoms. The van der Waals surface area contributed by atoms with Crippen LogP contribution in [0.2, 0.25) is 5.02 Å². The van der Waals surface area contributed by atoms with Crippen molar-refractivity contribution in [2.24, 2.45) is 5.92 Å². The number of hydrogen-bond acceptors (Lipinski definition) is 3. The molecule has 1 atom stereocenters. The van der Waals surface area contributed by atoms with Gasteiger partial charge in [-0.25, -0.2) is 0 Å². The normalized spacial score (nSPS) is 17.6. The van der Waals surface area contributed by atoms with Crippen LogP contribution in [0.3, 0.4) is 0 Å². The summed E-state index contributed by atoms with van der Waals surface area (Å²) in [6, 6.07) is 6.89. The largest absolute Gasteiger partial charge is 0.355 e. The van der Waals surface area contributed by atoms with Crippen LogP contribution in [-0.4, -0.2) is 49.4 Å². The van der Waals surface area contributed by atoms with Gasteiger partial charge in [0.25, 0.3) is 5.91 Å². The molecule has 6 heteroatoms. The third-order valence-electron chi connectivity index (χ3n) is 4.20. The van der Waals surface area contributed by atoms with Crippen LogP contribution in [0.1, 0.15) is 36.5 Å². The van der Waals surface area contributed by atoms with Crippen LogP contribution in [-0.2, 0) is 4.79 Å². The smallest absolute Gasteiger partial charge is 0.253 e. The van der Waals surface area contributed by atoms with E-state index in [0.29, 0.717) is 30.2 Å². The average Bonchev–Trinajstić information content (AvgIpc) is 2.61. The molecule has 1 saturated heterocycles. The molecule has 0 radical (unpaired) electrons. The zero-order chi connectivity index (χ0) is 17.4. The number of benzene rings is 1. The Bertz CT molecular complexity index is 548. The lowest BCUT2D eigenvalue weighted by molar-refractivity contribution is -0.126. The number of likely N-dealkylation sites (tertiary alicyclic amines) is 1. The van der Waals surface area contributed by atoms with Crippen molar-refractivity contribution in [2.45, 2.75) is 26.2 Å². The van der Waals surface area contributed by atoms with Crippen molar-refractivity contribution < 1.29 is 9.59 Å². The van der Waals surface area contributed by atoms with Gasteiger partial charge in [-0.3, -0.25) is 9.59 Å². The monoisotopic (exact) mass is 351 g/mol. The lowest BCUT2D eigenvalue weighted by Gasteiger charge is -2.32. The molecule has 1 aliphatic rings. The molecule has 1 unspecified atom stereocenters. The molecule has 132 valence electrons. The first kappa shape index (κ1) is 18.7. The lowest BCUT2D eigenvalue weighted by atomic mass is 9.96. The Hall–Kier alpha value is -1.59. The molecule has 2 N–H and O–H groups in total. The first-order chi connectivity index (χ1) is 11.6. The van der Waals surface area contributed by atoms with E-state index in [1.54, 1.807) is 29.2 Å². The minimum atomic E-state index is -0.124. The maximum Gasteiger partial charge on any atom is 0.253 e. The van der Waals surface area contributed by atoms with Gasteiger partial charge in [-0.1, -0.05) is 18.5 Å². The maximum absolute atomic E-state index is 12.6. The molecule has 1 aromatic carbocycles. The van der Waals surface area contributed by atoms with E-state index in [0.717, 1.165) is 32.4 Å². The highest BCUT2D eigenvalue weighted by Gasteiger charge is 2.28. The fraction of sp³-hybridized carbons (Fsp3) is 0.556. The summed E-state index contributed by atoms with van der Waals surface area (Å²) < 4.78 is 0. The Labute approximate surface area is 148 Å². The topological polar surface area (TPSA) is 61.4 Å². The van der Waals surface area contributed by atoms with Crippen molar-refractivity contribution in [1.29, 1.82) is 0 Å². The van der Waals surface area contributed by atoms with Crippen LogP contribution in [0.15, 0.2) is 24.3 Å². The molecule has 0 aliphatic carbocycles. The predicted molar refractivity (Wildman–Crippen MR) is 96.2 cm³/mol. The number of rotatable bonds is 7. The Morgan fingerprint density at radius 1 is 1.21 bits per heavy atom. The van der Waals surface area contributed by atoms with Gasteiger partial charge in [-0.2, -0.15) is 0 Å². The number of piperidine rings is 1. The van der Waals surface area contributed by atoms with Crippen molar-refractivity contribution >= 4 is 23.4 Å². The van der Waals surface area contributed by atoms with Gasteiger partial charge < -0.3 is 15.5 Å². The van der Waals surface area contributed by atoms with Gasteiger partial charge in [0.2, 0.25) is 5.91 Å². The summed E-state index contributed by atoms with van der Waals surface area (Å²) in [5.41, 5.74) is 0.615. The molecule has 2 rings (SSSR count). The van der Waals surface area contributed by atoms with Crippen molar-refractivity contribution in [2.75, 3.05) is 32.7 Å². The number of nitrogens with one attached hydrogen (secondary N) is 2. The minimum absolute atomic E-state index is 0.0335. The highest BCUT2D eigenvalue weighted by molar-refractivity contribution is 6.30. The first-order valence-electron chi connectivity index (χ1n) is 8.65. The molecular weight excluding hydrogens is 326 g/mol. The zero-order valence-electron chi connectivity index (χ0n) is 14.2. The lowest BCUT2D eigenvalue weighted by Crippen LogP contribution is -2.46. The number of halogens is 1. The van der Waals surface area contributed by atoms with Crippen LogP contribution in [0.4, 0.5) is 0 Å². The zero-order valence-corrected chi connectivity index (χ0v) is 14.9. The second-order valence-corrected chi connectivity index (χ2v) is 6.57. The standard InChI is InChI=1S/C18H26ClN3O2/c1-2-9-20-10-11-21-17(23)15-4-3-12-22(13-15)18(24)14-5-7-16(19)8-6-14/h5-8,15,20H,2-4,9-13H2,1H3,(H,21,23). The highest BCUT2D eigenvalue weighted by Crippen LogP contribution is 2.19. The molecule has 5 nitrogen and oxygen atoms in total. The van der Waals surface area contributed by atoms with Gasteiger partial charge in [0.1, 0.15) is 0 Å². The predicted octanol–water partition coefficient (Wildman–Crippen LogP) is 2.31. The highest BCUT2D eigenvalue weighted by atomic mass is 35.5. The fourth-order valence-electron chi connectivity index (χ4n) is 2.87. The van der Waals surface area contributed by atoms with Crippen LogP contribution in [0.5, 0.6) is 0 Å². The second kappa shape index (κ2) is 9.64. The third kappa shape index (κ3) is 5.49. The van der Waals surface area contributed by atoms with E-state index < -0.39 is 0 Å². The minimum Gasteiger partial charge on any atom is -0.355 e. The summed E-state index contributed by atoms with van der Waals surface area (Å²) >= 11 is 5.86. The summed E-state index contributed by atoms with van der Waals surface area (Å²) in [4.78, 5) is 26.6. The van der Waals surface area contributed by atoms with Gasteiger partial charge in [0.15, 0.2) is 0 Å². The molecule has 1 heterocycles. The molecule has 0 aromatic heterocycles. The van der Waals surface area contributed by atoms with Gasteiger partial charge >= 0.3 is 0 Å². The summed E-state index contributed by atoms with van der Waals surface area (Å²) in [6.45, 7) is 5.65. The molecule has 1 aromatic rings. The van der Waals surface area contributed by atoms with E-state index in [-0.39, 0.29) is 17.7 Å². The SMILES string of the molecule is CCCNCCNC(=O)C1CCCN(C(=O)c2ccc(Cl)cc2)C1. The summed E-state index contributed by atoms with van der Waals surface area (Å²) in [5.74, 6) is -0.114. The van der Waals surface area contributed by atoms with E-state index in [9.17, 15) is 9.59 Å². The molecule has 0 saturated carbocycles. The van der Waals surface area contributed by atoms with E-state index in [1.165, 1.54) is 0 Å². The average molecular weight is 352 g/mol. The molecule has 0 spiro atoms. The van der Waals surface area contributed by atoms with Crippen LogP contribution < -0.4 is 10.6 Å². The summed E-state index contributed by atoms with van der Waals surface area (Å²) in [5, 5.41) is 6.83. The quantitative estimate of drug-likeness (QED) is 0.741. The van der Waals surface area contributed by atoms with Crippen LogP contribution >= 0.6 is 11.6 Å². The third-order valence-corrected chi connectivity index (χ3v) is 4.45. The van der Waals surface area contributed by atoms with Gasteiger partial charge in [-0.05, 0) is 50.1 Å². The maximum atomic E-state index is 12.6. The fourth-order valence-corrected chi connectivity index (χ4v) is 3.00. The summed E-state index contributed by atoms with van der Waals surface area (Å²) in [7, 11) is 0. The Balaban J connectivity index is 1.83. The molecule has 1 fully saturated rings. The number of carbonyl (C=O) groups excluding carboxylic acids is 2.